The largest absolute Gasteiger partial charge is 0.354 e. The fourth-order valence-corrected chi connectivity index (χ4v) is 5.43. The van der Waals surface area contributed by atoms with Crippen LogP contribution in [0.25, 0.3) is 0 Å². The van der Waals surface area contributed by atoms with Crippen LogP contribution in [0.1, 0.15) is 54.4 Å². The summed E-state index contributed by atoms with van der Waals surface area (Å²) in [5, 5.41) is 3.11. The molecule has 0 aliphatic carbocycles. The van der Waals surface area contributed by atoms with Crippen molar-refractivity contribution in [2.24, 2.45) is 0 Å². The van der Waals surface area contributed by atoms with E-state index < -0.39 is 6.04 Å². The van der Waals surface area contributed by atoms with Gasteiger partial charge in [0.25, 0.3) is 0 Å². The number of hydrogen-bond acceptors (Lipinski definition) is 2. The SMILES string of the molecule is CCCCNC(=O)[C@H](Cc1ccccc1)N(Cc1cccc(Br)c1)C(=O)CC(c1ccccc1)c1ccccc1. The molecule has 0 fully saturated rings. The third kappa shape index (κ3) is 8.40. The van der Waals surface area contributed by atoms with Crippen LogP contribution in [-0.2, 0) is 22.6 Å². The molecule has 0 aliphatic heterocycles. The highest BCUT2D eigenvalue weighted by Gasteiger charge is 2.32. The van der Waals surface area contributed by atoms with Crippen molar-refractivity contribution in [2.75, 3.05) is 6.54 Å². The molecule has 0 spiro atoms. The van der Waals surface area contributed by atoms with Gasteiger partial charge in [0, 0.05) is 36.3 Å². The first-order valence-corrected chi connectivity index (χ1v) is 14.8. The highest BCUT2D eigenvalue weighted by molar-refractivity contribution is 9.10. The van der Waals surface area contributed by atoms with Crippen LogP contribution in [0.3, 0.4) is 0 Å². The zero-order valence-electron chi connectivity index (χ0n) is 23.0. The quantitative estimate of drug-likeness (QED) is 0.162. The van der Waals surface area contributed by atoms with Gasteiger partial charge in [-0.1, -0.05) is 132 Å². The molecule has 0 aliphatic rings. The number of hydrogen-bond donors (Lipinski definition) is 1. The van der Waals surface area contributed by atoms with E-state index in [1.54, 1.807) is 4.90 Å². The van der Waals surface area contributed by atoms with E-state index in [1.165, 1.54) is 0 Å². The molecule has 1 N–H and O–H groups in total. The summed E-state index contributed by atoms with van der Waals surface area (Å²) in [6.07, 6.45) is 2.59. The normalized spacial score (nSPS) is 11.7. The second-order valence-electron chi connectivity index (χ2n) is 10.1. The van der Waals surface area contributed by atoms with Gasteiger partial charge < -0.3 is 10.2 Å². The van der Waals surface area contributed by atoms with Gasteiger partial charge in [-0.25, -0.2) is 0 Å². The Morgan fingerprint density at radius 2 is 1.35 bits per heavy atom. The summed E-state index contributed by atoms with van der Waals surface area (Å²) in [5.74, 6) is -0.290. The number of carbonyl (C=O) groups is 2. The van der Waals surface area contributed by atoms with Crippen LogP contribution in [0.2, 0.25) is 0 Å². The van der Waals surface area contributed by atoms with E-state index in [-0.39, 0.29) is 24.2 Å². The zero-order valence-corrected chi connectivity index (χ0v) is 24.6. The molecular weight excluding hydrogens is 560 g/mol. The fraction of sp³-hybridized carbons (Fsp3) is 0.257. The summed E-state index contributed by atoms with van der Waals surface area (Å²) < 4.78 is 0.941. The Hall–Kier alpha value is -3.70. The van der Waals surface area contributed by atoms with Crippen molar-refractivity contribution in [1.82, 2.24) is 10.2 Å². The van der Waals surface area contributed by atoms with Crippen molar-refractivity contribution in [3.05, 3.63) is 142 Å². The fourth-order valence-electron chi connectivity index (χ4n) is 4.98. The van der Waals surface area contributed by atoms with E-state index in [1.807, 2.05) is 91.0 Å². The Bertz CT molecular complexity index is 1310. The number of unbranched alkanes of at least 4 members (excludes halogenated alkanes) is 1. The molecule has 0 heterocycles. The van der Waals surface area contributed by atoms with E-state index >= 15 is 0 Å². The Morgan fingerprint density at radius 3 is 1.93 bits per heavy atom. The van der Waals surface area contributed by atoms with E-state index in [9.17, 15) is 9.59 Å². The molecule has 0 radical (unpaired) electrons. The third-order valence-corrected chi connectivity index (χ3v) is 7.62. The molecule has 206 valence electrons. The molecule has 4 rings (SSSR count). The van der Waals surface area contributed by atoms with Gasteiger partial charge in [0.05, 0.1) is 0 Å². The molecule has 4 nitrogen and oxygen atoms in total. The Morgan fingerprint density at radius 1 is 0.775 bits per heavy atom. The maximum Gasteiger partial charge on any atom is 0.243 e. The van der Waals surface area contributed by atoms with E-state index in [0.29, 0.717) is 19.5 Å². The first-order chi connectivity index (χ1) is 19.5. The molecule has 40 heavy (non-hydrogen) atoms. The maximum absolute atomic E-state index is 14.4. The Kier molecular flexibility index (Phi) is 11.1. The van der Waals surface area contributed by atoms with E-state index in [2.05, 4.69) is 52.4 Å². The Balaban J connectivity index is 1.71. The summed E-state index contributed by atoms with van der Waals surface area (Å²) in [6, 6.07) is 37.6. The summed E-state index contributed by atoms with van der Waals surface area (Å²) in [5.41, 5.74) is 4.15. The maximum atomic E-state index is 14.4. The summed E-state index contributed by atoms with van der Waals surface area (Å²) in [7, 11) is 0. The predicted molar refractivity (Wildman–Crippen MR) is 166 cm³/mol. The van der Waals surface area contributed by atoms with Crippen molar-refractivity contribution in [2.45, 2.75) is 51.1 Å². The summed E-state index contributed by atoms with van der Waals surface area (Å²) >= 11 is 3.57. The molecular formula is C35H37BrN2O2. The van der Waals surface area contributed by atoms with Crippen LogP contribution in [0.15, 0.2) is 120 Å². The molecule has 0 aromatic heterocycles. The van der Waals surface area contributed by atoms with Crippen LogP contribution in [0.5, 0.6) is 0 Å². The molecule has 5 heteroatoms. The number of benzene rings is 4. The highest BCUT2D eigenvalue weighted by Crippen LogP contribution is 2.30. The molecule has 0 saturated heterocycles. The molecule has 2 amide bonds. The molecule has 0 saturated carbocycles. The highest BCUT2D eigenvalue weighted by atomic mass is 79.9. The lowest BCUT2D eigenvalue weighted by Gasteiger charge is -2.33. The van der Waals surface area contributed by atoms with E-state index in [4.69, 9.17) is 0 Å². The average molecular weight is 598 g/mol. The number of amides is 2. The van der Waals surface area contributed by atoms with Crippen LogP contribution >= 0.6 is 15.9 Å². The Labute approximate surface area is 246 Å². The minimum Gasteiger partial charge on any atom is -0.354 e. The minimum absolute atomic E-state index is 0.0516. The second kappa shape index (κ2) is 15.2. The molecule has 0 unspecified atom stereocenters. The van der Waals surface area contributed by atoms with Crippen molar-refractivity contribution >= 4 is 27.7 Å². The van der Waals surface area contributed by atoms with Gasteiger partial charge in [0.2, 0.25) is 11.8 Å². The van der Waals surface area contributed by atoms with Crippen LogP contribution in [-0.4, -0.2) is 29.3 Å². The number of nitrogens with one attached hydrogen (secondary N) is 1. The van der Waals surface area contributed by atoms with Crippen LogP contribution in [0, 0.1) is 0 Å². The molecule has 0 bridgehead atoms. The standard InChI is InChI=1S/C35H37BrN2O2/c1-2-3-22-37-35(40)33(24-27-14-7-4-8-15-27)38(26-28-16-13-21-31(36)23-28)34(39)25-32(29-17-9-5-10-18-29)30-19-11-6-12-20-30/h4-21,23,32-33H,2-3,22,24-26H2,1H3,(H,37,40)/t33-/m0/s1. The van der Waals surface area contributed by atoms with Crippen molar-refractivity contribution in [1.29, 1.82) is 0 Å². The van der Waals surface area contributed by atoms with E-state index in [0.717, 1.165) is 39.6 Å². The number of halogens is 1. The predicted octanol–water partition coefficient (Wildman–Crippen LogP) is 7.53. The van der Waals surface area contributed by atoms with Crippen LogP contribution in [0.4, 0.5) is 0 Å². The number of nitrogens with zero attached hydrogens (tertiary/aromatic N) is 1. The zero-order chi connectivity index (χ0) is 28.2. The smallest absolute Gasteiger partial charge is 0.243 e. The topological polar surface area (TPSA) is 49.4 Å². The average Bonchev–Trinajstić information content (AvgIpc) is 2.99. The van der Waals surface area contributed by atoms with Gasteiger partial charge in [-0.3, -0.25) is 9.59 Å². The van der Waals surface area contributed by atoms with Gasteiger partial charge in [-0.15, -0.1) is 0 Å². The molecule has 4 aromatic rings. The third-order valence-electron chi connectivity index (χ3n) is 7.13. The van der Waals surface area contributed by atoms with Crippen molar-refractivity contribution in [3.63, 3.8) is 0 Å². The molecule has 1 atom stereocenters. The van der Waals surface area contributed by atoms with Crippen molar-refractivity contribution < 1.29 is 9.59 Å². The van der Waals surface area contributed by atoms with Gasteiger partial charge in [-0.05, 0) is 40.8 Å². The van der Waals surface area contributed by atoms with Gasteiger partial charge in [0.15, 0.2) is 0 Å². The van der Waals surface area contributed by atoms with Gasteiger partial charge >= 0.3 is 0 Å². The lowest BCUT2D eigenvalue weighted by atomic mass is 9.87. The second-order valence-corrected chi connectivity index (χ2v) is 11.0. The van der Waals surface area contributed by atoms with Crippen LogP contribution < -0.4 is 5.32 Å². The molecule has 4 aromatic carbocycles. The number of carbonyl (C=O) groups excluding carboxylic acids is 2. The first-order valence-electron chi connectivity index (χ1n) is 14.0. The summed E-state index contributed by atoms with van der Waals surface area (Å²) in [6.45, 7) is 3.04. The minimum atomic E-state index is -0.641. The summed E-state index contributed by atoms with van der Waals surface area (Å²) in [4.78, 5) is 29.9. The van der Waals surface area contributed by atoms with Gasteiger partial charge in [-0.2, -0.15) is 0 Å². The van der Waals surface area contributed by atoms with Gasteiger partial charge in [0.1, 0.15) is 6.04 Å². The lowest BCUT2D eigenvalue weighted by Crippen LogP contribution is -2.51. The first kappa shape index (κ1) is 29.3. The van der Waals surface area contributed by atoms with Crippen molar-refractivity contribution in [3.8, 4) is 0 Å². The monoisotopic (exact) mass is 596 g/mol. The lowest BCUT2D eigenvalue weighted by molar-refractivity contribution is -0.141. The number of rotatable bonds is 13.